The topological polar surface area (TPSA) is 72.5 Å². The molecule has 2 saturated carbocycles. The molecule has 5 nitrogen and oxygen atoms in total. The molecule has 0 saturated heterocycles. The Morgan fingerprint density at radius 1 is 0.970 bits per heavy atom. The van der Waals surface area contributed by atoms with Crippen molar-refractivity contribution in [2.75, 3.05) is 5.32 Å². The van der Waals surface area contributed by atoms with E-state index in [4.69, 9.17) is 4.74 Å². The molecule has 2 bridgehead atoms. The van der Waals surface area contributed by atoms with E-state index in [-0.39, 0.29) is 23.3 Å². The lowest BCUT2D eigenvalue weighted by Gasteiger charge is -2.36. The molecule has 0 spiro atoms. The molecule has 1 N–H and O–H groups in total. The predicted molar refractivity (Wildman–Crippen MR) is 114 cm³/mol. The fourth-order valence-electron chi connectivity index (χ4n) is 4.77. The highest BCUT2D eigenvalue weighted by Gasteiger charge is 2.43. The molecule has 1 amide bonds. The minimum atomic E-state index is -4.55. The normalized spacial score (nSPS) is 23.5. The molecule has 8 heteroatoms. The van der Waals surface area contributed by atoms with Crippen molar-refractivity contribution in [2.45, 2.75) is 44.4 Å². The van der Waals surface area contributed by atoms with Crippen LogP contribution in [0.3, 0.4) is 0 Å². The van der Waals surface area contributed by atoms with Crippen LogP contribution in [0.25, 0.3) is 0 Å². The van der Waals surface area contributed by atoms with Gasteiger partial charge in [0, 0.05) is 23.1 Å². The number of carbonyl (C=O) groups is 3. The number of nitrogens with one attached hydrogen (secondary N) is 1. The van der Waals surface area contributed by atoms with Gasteiger partial charge in [0.1, 0.15) is 5.78 Å². The van der Waals surface area contributed by atoms with Crippen molar-refractivity contribution in [1.82, 2.24) is 0 Å². The average molecular weight is 459 g/mol. The van der Waals surface area contributed by atoms with Gasteiger partial charge in [0.2, 0.25) is 6.10 Å². The molecule has 2 aliphatic rings. The molecule has 2 aromatic rings. The van der Waals surface area contributed by atoms with Crippen molar-refractivity contribution < 1.29 is 32.3 Å². The fraction of sp³-hybridized carbons (Fsp3) is 0.400. The largest absolute Gasteiger partial charge is 0.447 e. The molecular weight excluding hydrogens is 435 g/mol. The van der Waals surface area contributed by atoms with Gasteiger partial charge in [-0.25, -0.2) is 0 Å². The summed E-state index contributed by atoms with van der Waals surface area (Å²) < 4.78 is 44.7. The third kappa shape index (κ3) is 5.26. The van der Waals surface area contributed by atoms with E-state index in [1.54, 1.807) is 30.3 Å². The van der Waals surface area contributed by atoms with Crippen LogP contribution in [-0.4, -0.2) is 17.7 Å². The number of halogens is 3. The van der Waals surface area contributed by atoms with Crippen LogP contribution in [0.5, 0.6) is 0 Å². The summed E-state index contributed by atoms with van der Waals surface area (Å²) in [5.41, 5.74) is -0.543. The van der Waals surface area contributed by atoms with Gasteiger partial charge in [-0.05, 0) is 43.9 Å². The molecule has 3 unspecified atom stereocenters. The van der Waals surface area contributed by atoms with Crippen molar-refractivity contribution in [1.29, 1.82) is 0 Å². The van der Waals surface area contributed by atoms with Crippen LogP contribution in [0.4, 0.5) is 18.9 Å². The molecule has 0 aromatic heterocycles. The molecule has 3 atom stereocenters. The number of ether oxygens (including phenoxy) is 1. The second-order valence-corrected chi connectivity index (χ2v) is 8.69. The van der Waals surface area contributed by atoms with Gasteiger partial charge in [-0.3, -0.25) is 14.4 Å². The van der Waals surface area contributed by atoms with Gasteiger partial charge in [0.15, 0.2) is 0 Å². The van der Waals surface area contributed by atoms with Crippen LogP contribution < -0.4 is 5.32 Å². The Kier molecular flexibility index (Phi) is 6.54. The minimum absolute atomic E-state index is 0.0513. The van der Waals surface area contributed by atoms with E-state index in [9.17, 15) is 27.6 Å². The average Bonchev–Trinajstić information content (AvgIpc) is 2.77. The maximum Gasteiger partial charge on any atom is 0.416 e. The molecule has 33 heavy (non-hydrogen) atoms. The zero-order chi connectivity index (χ0) is 23.6. The van der Waals surface area contributed by atoms with Crippen molar-refractivity contribution >= 4 is 23.3 Å². The Bertz CT molecular complexity index is 1020. The summed E-state index contributed by atoms with van der Waals surface area (Å²) in [6, 6.07) is 12.6. The molecule has 4 rings (SSSR count). The molecule has 2 aliphatic carbocycles. The highest BCUT2D eigenvalue weighted by Crippen LogP contribution is 2.41. The molecular formula is C25H24F3NO4. The molecule has 2 aromatic carbocycles. The SMILES string of the molecule is O=C(OC(C(=O)Nc1cccc(C(F)(F)F)c1)c1ccccc1)C1CC2CCCC(C1)C2=O. The zero-order valence-electron chi connectivity index (χ0n) is 17.8. The lowest BCUT2D eigenvalue weighted by Crippen LogP contribution is -2.40. The number of benzene rings is 2. The highest BCUT2D eigenvalue weighted by atomic mass is 19.4. The van der Waals surface area contributed by atoms with Crippen LogP contribution >= 0.6 is 0 Å². The third-order valence-electron chi connectivity index (χ3n) is 6.41. The third-order valence-corrected chi connectivity index (χ3v) is 6.41. The van der Waals surface area contributed by atoms with Gasteiger partial charge in [0.25, 0.3) is 5.91 Å². The van der Waals surface area contributed by atoms with Crippen LogP contribution in [0.15, 0.2) is 54.6 Å². The van der Waals surface area contributed by atoms with Gasteiger partial charge >= 0.3 is 12.1 Å². The van der Waals surface area contributed by atoms with Gasteiger partial charge < -0.3 is 10.1 Å². The molecule has 2 fully saturated rings. The number of amides is 1. The van der Waals surface area contributed by atoms with Gasteiger partial charge in [0.05, 0.1) is 11.5 Å². The zero-order valence-corrected chi connectivity index (χ0v) is 17.8. The Labute approximate surface area is 189 Å². The Morgan fingerprint density at radius 2 is 1.64 bits per heavy atom. The summed E-state index contributed by atoms with van der Waals surface area (Å²) in [6.45, 7) is 0. The molecule has 174 valence electrons. The van der Waals surface area contributed by atoms with Crippen LogP contribution in [0.2, 0.25) is 0 Å². The summed E-state index contributed by atoms with van der Waals surface area (Å²) in [5.74, 6) is -1.88. The summed E-state index contributed by atoms with van der Waals surface area (Å²) in [7, 11) is 0. The maximum atomic E-state index is 13.0. The fourth-order valence-corrected chi connectivity index (χ4v) is 4.77. The van der Waals surface area contributed by atoms with Gasteiger partial charge in [-0.2, -0.15) is 13.2 Å². The lowest BCUT2D eigenvalue weighted by molar-refractivity contribution is -0.162. The van der Waals surface area contributed by atoms with Crippen molar-refractivity contribution in [3.8, 4) is 0 Å². The molecule has 0 radical (unpaired) electrons. The number of alkyl halides is 3. The first kappa shape index (κ1) is 23.0. The number of anilines is 1. The quantitative estimate of drug-likeness (QED) is 0.614. The van der Waals surface area contributed by atoms with E-state index in [2.05, 4.69) is 5.32 Å². The summed E-state index contributed by atoms with van der Waals surface area (Å²) in [4.78, 5) is 38.3. The van der Waals surface area contributed by atoms with E-state index in [1.807, 2.05) is 0 Å². The lowest BCUT2D eigenvalue weighted by atomic mass is 9.67. The number of Topliss-reactive ketones (excluding diaryl/α,β-unsaturated/α-hetero) is 1. The van der Waals surface area contributed by atoms with E-state index in [0.717, 1.165) is 31.4 Å². The van der Waals surface area contributed by atoms with E-state index < -0.39 is 35.6 Å². The number of ketones is 1. The highest BCUT2D eigenvalue weighted by molar-refractivity contribution is 5.96. The number of hydrogen-bond donors (Lipinski definition) is 1. The number of esters is 1. The Hall–Kier alpha value is -3.16. The minimum Gasteiger partial charge on any atom is -0.447 e. The van der Waals surface area contributed by atoms with Crippen LogP contribution in [0.1, 0.15) is 49.3 Å². The van der Waals surface area contributed by atoms with E-state index >= 15 is 0 Å². The maximum absolute atomic E-state index is 13.0. The summed E-state index contributed by atoms with van der Waals surface area (Å²) in [6.07, 6.45) is -2.58. The summed E-state index contributed by atoms with van der Waals surface area (Å²) >= 11 is 0. The van der Waals surface area contributed by atoms with Crippen molar-refractivity contribution in [3.05, 3.63) is 65.7 Å². The molecule has 0 aliphatic heterocycles. The van der Waals surface area contributed by atoms with Crippen molar-refractivity contribution in [2.24, 2.45) is 17.8 Å². The Balaban J connectivity index is 1.52. The Morgan fingerprint density at radius 3 is 2.27 bits per heavy atom. The van der Waals surface area contributed by atoms with E-state index in [1.165, 1.54) is 12.1 Å². The van der Waals surface area contributed by atoms with Gasteiger partial charge in [-0.15, -0.1) is 0 Å². The predicted octanol–water partition coefficient (Wildman–Crippen LogP) is 5.32. The standard InChI is InChI=1S/C25H24F3NO4/c26-25(27,28)19-10-5-11-20(14-19)29-23(31)22(15-6-2-1-3-7-15)33-24(32)18-12-16-8-4-9-17(13-18)21(16)30/h1-3,5-7,10-11,14,16-18,22H,4,8-9,12-13H2,(H,29,31). The smallest absolute Gasteiger partial charge is 0.416 e. The number of hydrogen-bond acceptors (Lipinski definition) is 4. The second-order valence-electron chi connectivity index (χ2n) is 8.69. The van der Waals surface area contributed by atoms with Crippen molar-refractivity contribution in [3.63, 3.8) is 0 Å². The van der Waals surface area contributed by atoms with E-state index in [0.29, 0.717) is 18.4 Å². The van der Waals surface area contributed by atoms with Gasteiger partial charge in [-0.1, -0.05) is 42.8 Å². The first-order valence-electron chi connectivity index (χ1n) is 11.0. The number of fused-ring (bicyclic) bond motifs is 2. The second kappa shape index (κ2) is 9.37. The van der Waals surface area contributed by atoms with Crippen LogP contribution in [-0.2, 0) is 25.3 Å². The first-order chi connectivity index (χ1) is 15.7. The number of carbonyl (C=O) groups excluding carboxylic acids is 3. The number of rotatable bonds is 5. The first-order valence-corrected chi connectivity index (χ1v) is 11.0. The van der Waals surface area contributed by atoms with Crippen LogP contribution in [0, 0.1) is 17.8 Å². The summed E-state index contributed by atoms with van der Waals surface area (Å²) in [5, 5.41) is 2.44. The monoisotopic (exact) mass is 459 g/mol. The molecule has 0 heterocycles.